The molecule has 0 saturated carbocycles. The summed E-state index contributed by atoms with van der Waals surface area (Å²) in [4.78, 5) is 0. The number of hydrogen-bond donors (Lipinski definition) is 1. The monoisotopic (exact) mass is 728 g/mol. The van der Waals surface area contributed by atoms with E-state index in [4.69, 9.17) is 49.1 Å². The molecule has 0 saturated heterocycles. The number of benzene rings is 4. The summed E-state index contributed by atoms with van der Waals surface area (Å²) in [7, 11) is 0. The molecule has 0 aliphatic carbocycles. The molecule has 0 bridgehead atoms. The van der Waals surface area contributed by atoms with Crippen LogP contribution >= 0.6 is 0 Å². The Hall–Kier alpha value is -4.76. The lowest BCUT2D eigenvalue weighted by atomic mass is 10.1. The number of hydrogen-bond acceptors (Lipinski definition) is 9. The van der Waals surface area contributed by atoms with E-state index in [1.807, 2.05) is 60.7 Å². The predicted octanol–water partition coefficient (Wildman–Crippen LogP) is 5.56. The maximum absolute atomic E-state index is 5.78. The third kappa shape index (κ3) is 17.1. The van der Waals surface area contributed by atoms with Crippen LogP contribution in [0.4, 0.5) is 0 Å². The molecule has 284 valence electrons. The van der Waals surface area contributed by atoms with Gasteiger partial charge in [0.25, 0.3) is 0 Å². The average Bonchev–Trinajstić information content (AvgIpc) is 3.16. The van der Waals surface area contributed by atoms with E-state index >= 15 is 0 Å². The maximum Gasteiger partial charge on any atom is 0.161 e. The minimum Gasteiger partial charge on any atom is -0.487 e. The van der Waals surface area contributed by atoms with Gasteiger partial charge in [-0.2, -0.15) is 0 Å². The van der Waals surface area contributed by atoms with E-state index in [1.165, 1.54) is 22.3 Å². The van der Waals surface area contributed by atoms with Crippen LogP contribution in [0.3, 0.4) is 0 Å². The molecule has 10 heteroatoms. The zero-order valence-corrected chi connectivity index (χ0v) is 31.1. The molecule has 4 aromatic rings. The number of para-hydroxylation sites is 4. The van der Waals surface area contributed by atoms with Crippen molar-refractivity contribution in [2.45, 2.75) is 26.9 Å². The summed E-state index contributed by atoms with van der Waals surface area (Å²) in [6.45, 7) is 12.0. The number of aryl methyl sites for hydroxylation is 2. The molecule has 10 nitrogen and oxygen atoms in total. The summed E-state index contributed by atoms with van der Waals surface area (Å²) in [5, 5.41) is 2.31. The van der Waals surface area contributed by atoms with Crippen LogP contribution in [0.2, 0.25) is 0 Å². The highest BCUT2D eigenvalue weighted by Crippen LogP contribution is 2.27. The number of rotatable bonds is 6. The number of nitrogens with two attached hydrogens (primary N) is 1. The van der Waals surface area contributed by atoms with Crippen molar-refractivity contribution in [3.63, 3.8) is 0 Å². The third-order valence-corrected chi connectivity index (χ3v) is 7.67. The van der Waals surface area contributed by atoms with Crippen molar-refractivity contribution in [3.05, 3.63) is 113 Å². The maximum atomic E-state index is 5.78. The summed E-state index contributed by atoms with van der Waals surface area (Å²) < 4.78 is 50.7. The van der Waals surface area contributed by atoms with Gasteiger partial charge < -0.3 is 47.9 Å². The fourth-order valence-corrected chi connectivity index (χ4v) is 5.30. The Balaban J connectivity index is 0.000000258. The summed E-state index contributed by atoms with van der Waals surface area (Å²) in [6, 6.07) is 29.9. The topological polar surface area (TPSA) is 99.7 Å². The summed E-state index contributed by atoms with van der Waals surface area (Å²) >= 11 is 0. The third-order valence-electron chi connectivity index (χ3n) is 7.67. The molecular weight excluding hydrogens is 674 g/mol. The number of ether oxygens (including phenoxy) is 9. The van der Waals surface area contributed by atoms with Gasteiger partial charge in [-0.05, 0) is 62.4 Å². The first kappa shape index (κ1) is 41.0. The van der Waals surface area contributed by atoms with Crippen LogP contribution in [0.1, 0.15) is 22.3 Å². The molecule has 0 radical (unpaired) electrons. The molecule has 5 rings (SSSR count). The quantitative estimate of drug-likeness (QED) is 0.256. The summed E-state index contributed by atoms with van der Waals surface area (Å²) in [5.74, 6) is 6.02. The number of terminal acetylenes is 1. The second-order valence-electron chi connectivity index (χ2n) is 12.1. The van der Waals surface area contributed by atoms with Gasteiger partial charge in [0.15, 0.2) is 23.0 Å². The molecular formula is C43H54NO9+. The molecule has 0 spiro atoms. The second-order valence-corrected chi connectivity index (χ2v) is 12.1. The van der Waals surface area contributed by atoms with Gasteiger partial charge in [-0.15, -0.1) is 6.42 Å². The molecule has 0 amide bonds. The minimum atomic E-state index is 0.318. The molecule has 1 aliphatic heterocycles. The molecule has 0 fully saturated rings. The van der Waals surface area contributed by atoms with Crippen LogP contribution in [-0.4, -0.2) is 85.9 Å². The Bertz CT molecular complexity index is 1480. The fourth-order valence-electron chi connectivity index (χ4n) is 5.30. The van der Waals surface area contributed by atoms with E-state index in [0.29, 0.717) is 109 Å². The van der Waals surface area contributed by atoms with E-state index in [0.717, 1.165) is 18.8 Å². The van der Waals surface area contributed by atoms with Crippen LogP contribution in [-0.2, 0) is 32.0 Å². The molecule has 1 aliphatic rings. The molecule has 0 aromatic heterocycles. The largest absolute Gasteiger partial charge is 0.487 e. The van der Waals surface area contributed by atoms with E-state index < -0.39 is 0 Å². The van der Waals surface area contributed by atoms with E-state index in [2.05, 4.69) is 55.4 Å². The van der Waals surface area contributed by atoms with Gasteiger partial charge in [0.2, 0.25) is 0 Å². The molecule has 2 N–H and O–H groups in total. The zero-order valence-electron chi connectivity index (χ0n) is 31.1. The van der Waals surface area contributed by atoms with Gasteiger partial charge >= 0.3 is 0 Å². The van der Waals surface area contributed by atoms with Gasteiger partial charge in [0, 0.05) is 11.1 Å². The summed E-state index contributed by atoms with van der Waals surface area (Å²) in [6.07, 6.45) is 5.17. The first-order valence-corrected chi connectivity index (χ1v) is 18.1. The SMILES string of the molecule is C#CCOc1ccc(C[NH2+]Cc2cc(C)cc(C)c2)cc1.c1ccc2c(c1)OCCOCCOCCOc1ccccc1OCCOCCOCCO2. The van der Waals surface area contributed by atoms with Crippen molar-refractivity contribution in [1.82, 2.24) is 0 Å². The lowest BCUT2D eigenvalue weighted by Crippen LogP contribution is -2.80. The highest BCUT2D eigenvalue weighted by Gasteiger charge is 2.07. The second kappa shape index (κ2) is 25.3. The van der Waals surface area contributed by atoms with E-state index in [1.54, 1.807) is 0 Å². The molecule has 0 atom stereocenters. The van der Waals surface area contributed by atoms with Crippen LogP contribution < -0.4 is 29.0 Å². The molecule has 4 aromatic carbocycles. The zero-order chi connectivity index (χ0) is 37.2. The van der Waals surface area contributed by atoms with Gasteiger partial charge in [0.05, 0.1) is 52.9 Å². The van der Waals surface area contributed by atoms with Crippen LogP contribution in [0, 0.1) is 26.2 Å². The first-order valence-electron chi connectivity index (χ1n) is 18.1. The Kier molecular flexibility index (Phi) is 19.5. The lowest BCUT2D eigenvalue weighted by Gasteiger charge is -2.14. The lowest BCUT2D eigenvalue weighted by molar-refractivity contribution is -0.686. The van der Waals surface area contributed by atoms with Gasteiger partial charge in [-0.25, -0.2) is 0 Å². The summed E-state index contributed by atoms with van der Waals surface area (Å²) in [5.41, 5.74) is 5.32. The molecule has 1 heterocycles. The Morgan fingerprint density at radius 1 is 0.509 bits per heavy atom. The Labute approximate surface area is 314 Å². The first-order chi connectivity index (χ1) is 26.1. The van der Waals surface area contributed by atoms with Crippen molar-refractivity contribution < 1.29 is 47.9 Å². The molecule has 53 heavy (non-hydrogen) atoms. The highest BCUT2D eigenvalue weighted by atomic mass is 16.6. The standard InChI is InChI=1S/C24H32O8.C19H21NO/c1-2-6-22-21(5-1)29-17-13-25-9-10-27-15-19-31-23-7-3-4-8-24(23)32-20-16-28-12-11-26-14-18-30-22;1-4-9-21-19-7-5-17(6-8-19)13-20-14-18-11-15(2)10-16(3)12-18/h1-8H,9-20H2;1,5-8,10-12,20H,9,13-14H2,2-3H3/p+1. The van der Waals surface area contributed by atoms with Crippen molar-refractivity contribution in [2.24, 2.45) is 0 Å². The Morgan fingerprint density at radius 3 is 1.28 bits per heavy atom. The predicted molar refractivity (Wildman–Crippen MR) is 204 cm³/mol. The number of quaternary nitrogens is 1. The smallest absolute Gasteiger partial charge is 0.161 e. The van der Waals surface area contributed by atoms with E-state index in [9.17, 15) is 0 Å². The van der Waals surface area contributed by atoms with Crippen molar-refractivity contribution >= 4 is 0 Å². The fraction of sp³-hybridized carbons (Fsp3) is 0.395. The van der Waals surface area contributed by atoms with Gasteiger partial charge in [-0.3, -0.25) is 0 Å². The minimum absolute atomic E-state index is 0.318. The number of fused-ring (bicyclic) bond motifs is 2. The van der Waals surface area contributed by atoms with Crippen molar-refractivity contribution in [1.29, 1.82) is 0 Å². The normalized spacial score (nSPS) is 15.0. The van der Waals surface area contributed by atoms with Crippen LogP contribution in [0.15, 0.2) is 91.0 Å². The van der Waals surface area contributed by atoms with Crippen LogP contribution in [0.5, 0.6) is 28.7 Å². The van der Waals surface area contributed by atoms with Gasteiger partial charge in [-0.1, -0.05) is 59.5 Å². The molecule has 0 unspecified atom stereocenters. The van der Waals surface area contributed by atoms with Crippen LogP contribution in [0.25, 0.3) is 0 Å². The van der Waals surface area contributed by atoms with Crippen molar-refractivity contribution in [2.75, 3.05) is 85.9 Å². The van der Waals surface area contributed by atoms with Gasteiger partial charge in [0.1, 0.15) is 51.9 Å². The Morgan fingerprint density at radius 2 is 0.887 bits per heavy atom. The highest BCUT2D eigenvalue weighted by molar-refractivity contribution is 5.40. The average molecular weight is 729 g/mol. The van der Waals surface area contributed by atoms with E-state index in [-0.39, 0.29) is 0 Å². The van der Waals surface area contributed by atoms with Crippen molar-refractivity contribution in [3.8, 4) is 41.1 Å².